The molecule has 0 spiro atoms. The minimum Gasteiger partial charge on any atom is -0.478 e. The van der Waals surface area contributed by atoms with Gasteiger partial charge in [0.15, 0.2) is 0 Å². The van der Waals surface area contributed by atoms with E-state index in [-0.39, 0.29) is 16.8 Å². The molecule has 0 aliphatic heterocycles. The van der Waals surface area contributed by atoms with Gasteiger partial charge in [-0.05, 0) is 65.4 Å². The first-order valence-corrected chi connectivity index (χ1v) is 7.06. The number of rotatable bonds is 3. The fraction of sp³-hybridized carbons (Fsp3) is 0.0667. The normalized spacial score (nSPS) is 10.2. The molecule has 0 aliphatic carbocycles. The lowest BCUT2D eigenvalue weighted by Crippen LogP contribution is -2.16. The van der Waals surface area contributed by atoms with Gasteiger partial charge in [0.2, 0.25) is 0 Å². The van der Waals surface area contributed by atoms with E-state index in [2.05, 4.69) is 5.32 Å². The summed E-state index contributed by atoms with van der Waals surface area (Å²) in [6.07, 6.45) is 0. The molecule has 0 heterocycles. The highest BCUT2D eigenvalue weighted by atomic mass is 127. The third kappa shape index (κ3) is 3.57. The van der Waals surface area contributed by atoms with Crippen LogP contribution in [0, 0.1) is 16.3 Å². The summed E-state index contributed by atoms with van der Waals surface area (Å²) < 4.78 is 14.0. The number of hydrogen-bond acceptors (Lipinski definition) is 2. The zero-order chi connectivity index (χ0) is 15.6. The SMILES string of the molecule is Cc1ccc(F)cc1C(=O)Nc1ccc(I)cc1C(=O)O. The zero-order valence-electron chi connectivity index (χ0n) is 11.0. The minimum absolute atomic E-state index is 0.00990. The Morgan fingerprint density at radius 2 is 1.86 bits per heavy atom. The van der Waals surface area contributed by atoms with Crippen LogP contribution >= 0.6 is 22.6 Å². The van der Waals surface area contributed by atoms with Gasteiger partial charge in [0.1, 0.15) is 5.82 Å². The molecule has 0 fully saturated rings. The van der Waals surface area contributed by atoms with Crippen molar-refractivity contribution >= 4 is 40.2 Å². The predicted molar refractivity (Wildman–Crippen MR) is 85.2 cm³/mol. The molecule has 0 atom stereocenters. The van der Waals surface area contributed by atoms with E-state index in [0.717, 1.165) is 9.64 Å². The van der Waals surface area contributed by atoms with E-state index in [1.807, 2.05) is 22.6 Å². The minimum atomic E-state index is -1.14. The number of carbonyl (C=O) groups excluding carboxylic acids is 1. The topological polar surface area (TPSA) is 66.4 Å². The van der Waals surface area contributed by atoms with Gasteiger partial charge in [-0.25, -0.2) is 9.18 Å². The fourth-order valence-corrected chi connectivity index (χ4v) is 2.32. The maximum atomic E-state index is 13.2. The summed E-state index contributed by atoms with van der Waals surface area (Å²) in [4.78, 5) is 23.4. The molecule has 21 heavy (non-hydrogen) atoms. The van der Waals surface area contributed by atoms with Crippen molar-refractivity contribution in [1.82, 2.24) is 0 Å². The summed E-state index contributed by atoms with van der Waals surface area (Å²) in [5.74, 6) is -2.21. The van der Waals surface area contributed by atoms with Crippen molar-refractivity contribution < 1.29 is 19.1 Å². The molecule has 2 aromatic carbocycles. The molecule has 2 N–H and O–H groups in total. The Kier molecular flexibility index (Phi) is 4.56. The molecule has 0 unspecified atom stereocenters. The van der Waals surface area contributed by atoms with E-state index >= 15 is 0 Å². The highest BCUT2D eigenvalue weighted by Crippen LogP contribution is 2.20. The summed E-state index contributed by atoms with van der Waals surface area (Å²) in [6, 6.07) is 8.53. The van der Waals surface area contributed by atoms with E-state index in [1.54, 1.807) is 13.0 Å². The first-order chi connectivity index (χ1) is 9.88. The molecule has 0 radical (unpaired) electrons. The monoisotopic (exact) mass is 399 g/mol. The summed E-state index contributed by atoms with van der Waals surface area (Å²) >= 11 is 1.98. The highest BCUT2D eigenvalue weighted by molar-refractivity contribution is 14.1. The number of carbonyl (C=O) groups is 2. The van der Waals surface area contributed by atoms with Crippen molar-refractivity contribution in [2.45, 2.75) is 6.92 Å². The molecule has 2 rings (SSSR count). The van der Waals surface area contributed by atoms with Crippen molar-refractivity contribution in [2.24, 2.45) is 0 Å². The van der Waals surface area contributed by atoms with Crippen LogP contribution in [0.3, 0.4) is 0 Å². The van der Waals surface area contributed by atoms with Gasteiger partial charge < -0.3 is 10.4 Å². The molecule has 0 aliphatic rings. The van der Waals surface area contributed by atoms with Gasteiger partial charge in [-0.2, -0.15) is 0 Å². The van der Waals surface area contributed by atoms with Crippen LogP contribution in [0.5, 0.6) is 0 Å². The molecule has 0 saturated heterocycles. The molecule has 108 valence electrons. The van der Waals surface area contributed by atoms with Gasteiger partial charge in [-0.1, -0.05) is 6.07 Å². The second kappa shape index (κ2) is 6.21. The van der Waals surface area contributed by atoms with E-state index < -0.39 is 17.7 Å². The van der Waals surface area contributed by atoms with E-state index in [0.29, 0.717) is 5.56 Å². The van der Waals surface area contributed by atoms with Gasteiger partial charge in [0.05, 0.1) is 11.3 Å². The quantitative estimate of drug-likeness (QED) is 0.774. The van der Waals surface area contributed by atoms with Gasteiger partial charge in [0.25, 0.3) is 5.91 Å². The maximum Gasteiger partial charge on any atom is 0.337 e. The summed E-state index contributed by atoms with van der Waals surface area (Å²) in [5.41, 5.74) is 0.946. The Morgan fingerprint density at radius 3 is 2.52 bits per heavy atom. The number of anilines is 1. The van der Waals surface area contributed by atoms with Gasteiger partial charge >= 0.3 is 5.97 Å². The summed E-state index contributed by atoms with van der Waals surface area (Å²) in [7, 11) is 0. The third-order valence-electron chi connectivity index (χ3n) is 2.90. The molecule has 0 aromatic heterocycles. The van der Waals surface area contributed by atoms with Gasteiger partial charge in [-0.15, -0.1) is 0 Å². The van der Waals surface area contributed by atoms with Crippen molar-refractivity contribution in [1.29, 1.82) is 0 Å². The molecule has 0 bridgehead atoms. The number of nitrogens with one attached hydrogen (secondary N) is 1. The van der Waals surface area contributed by atoms with E-state index in [4.69, 9.17) is 5.11 Å². The Morgan fingerprint density at radius 1 is 1.14 bits per heavy atom. The number of aryl methyl sites for hydroxylation is 1. The zero-order valence-corrected chi connectivity index (χ0v) is 13.1. The lowest BCUT2D eigenvalue weighted by Gasteiger charge is -2.10. The summed E-state index contributed by atoms with van der Waals surface area (Å²) in [5, 5.41) is 11.7. The Labute approximate surface area is 134 Å². The number of halogens is 2. The second-order valence-electron chi connectivity index (χ2n) is 4.41. The summed E-state index contributed by atoms with van der Waals surface area (Å²) in [6.45, 7) is 1.68. The van der Waals surface area contributed by atoms with Crippen LogP contribution < -0.4 is 5.32 Å². The van der Waals surface area contributed by atoms with E-state index in [1.165, 1.54) is 24.3 Å². The number of aromatic carboxylic acids is 1. The molecular formula is C15H11FINO3. The van der Waals surface area contributed by atoms with Crippen LogP contribution in [0.15, 0.2) is 36.4 Å². The lowest BCUT2D eigenvalue weighted by atomic mass is 10.1. The smallest absolute Gasteiger partial charge is 0.337 e. The number of amides is 1. The molecule has 2 aromatic rings. The van der Waals surface area contributed by atoms with Crippen molar-refractivity contribution in [3.05, 3.63) is 62.5 Å². The Bertz CT molecular complexity index is 731. The average molecular weight is 399 g/mol. The number of carboxylic acid groups (broad SMARTS) is 1. The molecule has 0 saturated carbocycles. The highest BCUT2D eigenvalue weighted by Gasteiger charge is 2.15. The van der Waals surface area contributed by atoms with Gasteiger partial charge in [0, 0.05) is 9.13 Å². The largest absolute Gasteiger partial charge is 0.478 e. The maximum absolute atomic E-state index is 13.2. The van der Waals surface area contributed by atoms with Crippen LogP contribution in [-0.2, 0) is 0 Å². The molecule has 1 amide bonds. The Balaban J connectivity index is 2.36. The van der Waals surface area contributed by atoms with Crippen molar-refractivity contribution in [3.63, 3.8) is 0 Å². The second-order valence-corrected chi connectivity index (χ2v) is 5.65. The first kappa shape index (κ1) is 15.4. The van der Waals surface area contributed by atoms with Crippen LogP contribution in [0.4, 0.5) is 10.1 Å². The molecular weight excluding hydrogens is 388 g/mol. The van der Waals surface area contributed by atoms with Gasteiger partial charge in [-0.3, -0.25) is 4.79 Å². The van der Waals surface area contributed by atoms with Crippen LogP contribution in [0.25, 0.3) is 0 Å². The number of hydrogen-bond donors (Lipinski definition) is 2. The van der Waals surface area contributed by atoms with Crippen LogP contribution in [0.2, 0.25) is 0 Å². The molecule has 4 nitrogen and oxygen atoms in total. The standard InChI is InChI=1S/C15H11FINO3/c1-8-2-3-9(16)6-11(8)14(19)18-13-5-4-10(17)7-12(13)15(20)21/h2-7H,1H3,(H,18,19)(H,20,21). The number of benzene rings is 2. The van der Waals surface area contributed by atoms with Crippen LogP contribution in [-0.4, -0.2) is 17.0 Å². The number of carboxylic acids is 1. The van der Waals surface area contributed by atoms with Crippen molar-refractivity contribution in [2.75, 3.05) is 5.32 Å². The third-order valence-corrected chi connectivity index (χ3v) is 3.58. The van der Waals surface area contributed by atoms with E-state index in [9.17, 15) is 14.0 Å². The lowest BCUT2D eigenvalue weighted by molar-refractivity contribution is 0.0698. The first-order valence-electron chi connectivity index (χ1n) is 5.99. The molecule has 6 heteroatoms. The average Bonchev–Trinajstić information content (AvgIpc) is 2.43. The predicted octanol–water partition coefficient (Wildman–Crippen LogP) is 3.69. The van der Waals surface area contributed by atoms with Crippen molar-refractivity contribution in [3.8, 4) is 0 Å². The van der Waals surface area contributed by atoms with Crippen LogP contribution in [0.1, 0.15) is 26.3 Å². The Hall–Kier alpha value is -1.96. The fourth-order valence-electron chi connectivity index (χ4n) is 1.83.